The Bertz CT molecular complexity index is 820. The van der Waals surface area contributed by atoms with E-state index in [1.165, 1.54) is 19.0 Å². The van der Waals surface area contributed by atoms with E-state index < -0.39 is 0 Å². The third-order valence-electron chi connectivity index (χ3n) is 5.11. The Labute approximate surface area is 143 Å². The minimum atomic E-state index is -0.235. The van der Waals surface area contributed by atoms with Crippen LogP contribution in [0.3, 0.4) is 0 Å². The Kier molecular flexibility index (Phi) is 3.71. The molecule has 8 nitrogen and oxygen atoms in total. The highest BCUT2D eigenvalue weighted by Crippen LogP contribution is 2.50. The molecule has 1 aliphatic heterocycles. The number of carbonyl (C=O) groups is 1. The van der Waals surface area contributed by atoms with E-state index in [9.17, 15) is 9.59 Å². The van der Waals surface area contributed by atoms with Crippen LogP contribution in [0, 0.1) is 11.8 Å². The highest BCUT2D eigenvalue weighted by molar-refractivity contribution is 6.33. The summed E-state index contributed by atoms with van der Waals surface area (Å²) in [6, 6.07) is -0.205. The maximum atomic E-state index is 13.0. The summed E-state index contributed by atoms with van der Waals surface area (Å²) < 4.78 is 1.61. The smallest absolute Gasteiger partial charge is 0.327 e. The second kappa shape index (κ2) is 5.77. The molecule has 24 heavy (non-hydrogen) atoms. The van der Waals surface area contributed by atoms with Gasteiger partial charge in [0.05, 0.1) is 17.3 Å². The summed E-state index contributed by atoms with van der Waals surface area (Å²) in [6.07, 6.45) is 4.69. The third kappa shape index (κ3) is 2.36. The number of hydrogen-bond acceptors (Lipinski definition) is 4. The topological polar surface area (TPSA) is 99.7 Å². The average Bonchev–Trinajstić information content (AvgIpc) is 3.01. The first kappa shape index (κ1) is 15.4. The molecule has 4 rings (SSSR count). The van der Waals surface area contributed by atoms with Gasteiger partial charge in [-0.2, -0.15) is 10.2 Å². The van der Waals surface area contributed by atoms with Crippen LogP contribution in [0.2, 0.25) is 5.02 Å². The van der Waals surface area contributed by atoms with Gasteiger partial charge >= 0.3 is 5.69 Å². The molecule has 2 aliphatic rings. The number of likely N-dealkylation sites (tertiary alicyclic amines) is 1. The van der Waals surface area contributed by atoms with Crippen molar-refractivity contribution in [2.75, 3.05) is 6.54 Å². The summed E-state index contributed by atoms with van der Waals surface area (Å²) in [5.41, 5.74) is 0.0555. The largest absolute Gasteiger partial charge is 0.343 e. The molecule has 128 valence electrons. The number of H-pyrrole nitrogens is 2. The van der Waals surface area contributed by atoms with Gasteiger partial charge in [0.25, 0.3) is 5.91 Å². The molecule has 2 aromatic rings. The monoisotopic (exact) mass is 350 g/mol. The molecular formula is C15H19ClN6O2. The summed E-state index contributed by atoms with van der Waals surface area (Å²) in [7, 11) is 0. The van der Waals surface area contributed by atoms with Crippen LogP contribution in [-0.4, -0.2) is 42.3 Å². The molecule has 1 saturated carbocycles. The van der Waals surface area contributed by atoms with Crippen LogP contribution in [0.1, 0.15) is 48.5 Å². The lowest BCUT2D eigenvalue weighted by molar-refractivity contribution is 0.0695. The minimum absolute atomic E-state index is 0.191. The molecule has 2 unspecified atom stereocenters. The van der Waals surface area contributed by atoms with Crippen LogP contribution < -0.4 is 5.69 Å². The standard InChI is InChI=1S/C15H19ClN6O2/c1-2-21-13(19-20-15(21)24)12-9(8-3-4-8)5-6-22(12)14(23)11-10(16)7-17-18-11/h7-9,12H,2-6H2,1H3,(H,17,18)(H,20,24). The number of amides is 1. The van der Waals surface area contributed by atoms with Gasteiger partial charge in [0.15, 0.2) is 5.82 Å². The maximum absolute atomic E-state index is 13.0. The predicted octanol–water partition coefficient (Wildman–Crippen LogP) is 1.58. The molecule has 1 aliphatic carbocycles. The van der Waals surface area contributed by atoms with Gasteiger partial charge in [-0.25, -0.2) is 9.89 Å². The quantitative estimate of drug-likeness (QED) is 0.874. The molecule has 0 bridgehead atoms. The zero-order valence-electron chi connectivity index (χ0n) is 13.3. The van der Waals surface area contributed by atoms with Crippen molar-refractivity contribution in [2.45, 2.75) is 38.8 Å². The lowest BCUT2D eigenvalue weighted by atomic mass is 9.94. The van der Waals surface area contributed by atoms with E-state index in [-0.39, 0.29) is 17.6 Å². The molecule has 2 aromatic heterocycles. The van der Waals surface area contributed by atoms with Gasteiger partial charge in [0, 0.05) is 13.1 Å². The number of halogens is 1. The van der Waals surface area contributed by atoms with Gasteiger partial charge < -0.3 is 4.90 Å². The first-order valence-electron chi connectivity index (χ1n) is 8.26. The van der Waals surface area contributed by atoms with Gasteiger partial charge in [-0.1, -0.05) is 11.6 Å². The summed E-state index contributed by atoms with van der Waals surface area (Å²) in [5, 5.41) is 13.6. The third-order valence-corrected chi connectivity index (χ3v) is 5.40. The molecule has 1 saturated heterocycles. The normalized spacial score (nSPS) is 23.8. The van der Waals surface area contributed by atoms with Crippen LogP contribution in [-0.2, 0) is 6.54 Å². The predicted molar refractivity (Wildman–Crippen MR) is 86.7 cm³/mol. The molecule has 0 radical (unpaired) electrons. The SMILES string of the molecule is CCn1c(C2C(C3CC3)CCN2C(=O)c2[nH]ncc2Cl)n[nH]c1=O. The molecule has 0 spiro atoms. The number of carbonyl (C=O) groups excluding carboxylic acids is 1. The Morgan fingerprint density at radius 1 is 1.38 bits per heavy atom. The van der Waals surface area contributed by atoms with Crippen molar-refractivity contribution in [2.24, 2.45) is 11.8 Å². The van der Waals surface area contributed by atoms with Crippen molar-refractivity contribution in [3.63, 3.8) is 0 Å². The number of aromatic nitrogens is 5. The van der Waals surface area contributed by atoms with E-state index in [4.69, 9.17) is 11.6 Å². The summed E-state index contributed by atoms with van der Waals surface area (Å²) in [4.78, 5) is 26.7. The summed E-state index contributed by atoms with van der Waals surface area (Å²) >= 11 is 6.06. The van der Waals surface area contributed by atoms with Crippen molar-refractivity contribution < 1.29 is 4.79 Å². The number of rotatable bonds is 4. The van der Waals surface area contributed by atoms with Gasteiger partial charge in [0.1, 0.15) is 5.69 Å². The van der Waals surface area contributed by atoms with Crippen molar-refractivity contribution in [3.05, 3.63) is 33.2 Å². The van der Waals surface area contributed by atoms with Crippen molar-refractivity contribution in [1.29, 1.82) is 0 Å². The van der Waals surface area contributed by atoms with Crippen molar-refractivity contribution in [3.8, 4) is 0 Å². The van der Waals surface area contributed by atoms with Crippen LogP contribution in [0.25, 0.3) is 0 Å². The van der Waals surface area contributed by atoms with Crippen LogP contribution >= 0.6 is 11.6 Å². The van der Waals surface area contributed by atoms with E-state index in [1.54, 1.807) is 9.47 Å². The fraction of sp³-hybridized carbons (Fsp3) is 0.600. The Hall–Kier alpha value is -2.09. The van der Waals surface area contributed by atoms with Crippen LogP contribution in [0.4, 0.5) is 0 Å². The highest BCUT2D eigenvalue weighted by Gasteiger charge is 2.48. The van der Waals surface area contributed by atoms with E-state index in [2.05, 4.69) is 20.4 Å². The zero-order chi connectivity index (χ0) is 16.8. The molecular weight excluding hydrogens is 332 g/mol. The Balaban J connectivity index is 1.74. The Morgan fingerprint density at radius 2 is 2.17 bits per heavy atom. The number of aromatic amines is 2. The van der Waals surface area contributed by atoms with Gasteiger partial charge in [-0.3, -0.25) is 14.5 Å². The minimum Gasteiger partial charge on any atom is -0.327 e. The second-order valence-electron chi connectivity index (χ2n) is 6.46. The molecule has 9 heteroatoms. The first-order chi connectivity index (χ1) is 11.6. The van der Waals surface area contributed by atoms with Gasteiger partial charge in [-0.15, -0.1) is 0 Å². The lowest BCUT2D eigenvalue weighted by Gasteiger charge is -2.27. The number of nitrogens with one attached hydrogen (secondary N) is 2. The van der Waals surface area contributed by atoms with E-state index >= 15 is 0 Å². The molecule has 3 heterocycles. The number of hydrogen-bond donors (Lipinski definition) is 2. The average molecular weight is 351 g/mol. The van der Waals surface area contributed by atoms with Crippen LogP contribution in [0.5, 0.6) is 0 Å². The van der Waals surface area contributed by atoms with Gasteiger partial charge in [-0.05, 0) is 38.0 Å². The van der Waals surface area contributed by atoms with E-state index in [1.807, 2.05) is 6.92 Å². The second-order valence-corrected chi connectivity index (χ2v) is 6.86. The van der Waals surface area contributed by atoms with Crippen molar-refractivity contribution in [1.82, 2.24) is 29.9 Å². The molecule has 2 fully saturated rings. The molecule has 1 amide bonds. The molecule has 2 atom stereocenters. The maximum Gasteiger partial charge on any atom is 0.343 e. The number of nitrogens with zero attached hydrogens (tertiary/aromatic N) is 4. The van der Waals surface area contributed by atoms with Crippen LogP contribution in [0.15, 0.2) is 11.0 Å². The van der Waals surface area contributed by atoms with Crippen molar-refractivity contribution >= 4 is 17.5 Å². The fourth-order valence-corrected chi connectivity index (χ4v) is 3.99. The molecule has 0 aromatic carbocycles. The van der Waals surface area contributed by atoms with Gasteiger partial charge in [0.2, 0.25) is 0 Å². The highest BCUT2D eigenvalue weighted by atomic mass is 35.5. The fourth-order valence-electron chi connectivity index (χ4n) is 3.82. The molecule has 2 N–H and O–H groups in total. The summed E-state index contributed by atoms with van der Waals surface area (Å²) in [6.45, 7) is 3.05. The zero-order valence-corrected chi connectivity index (χ0v) is 14.1. The first-order valence-corrected chi connectivity index (χ1v) is 8.64. The summed E-state index contributed by atoms with van der Waals surface area (Å²) in [5.74, 6) is 1.38. The lowest BCUT2D eigenvalue weighted by Crippen LogP contribution is -2.35. The van der Waals surface area contributed by atoms with E-state index in [0.29, 0.717) is 41.5 Å². The van der Waals surface area contributed by atoms with E-state index in [0.717, 1.165) is 6.42 Å². The Morgan fingerprint density at radius 3 is 2.79 bits per heavy atom.